The van der Waals surface area contributed by atoms with Crippen molar-refractivity contribution < 1.29 is 4.79 Å². The summed E-state index contributed by atoms with van der Waals surface area (Å²) in [6.07, 6.45) is 0.440. The molecule has 5 heteroatoms. The normalized spacial score (nSPS) is 14.9. The molecular weight excluding hydrogens is 307 g/mol. The second-order valence-electron chi connectivity index (χ2n) is 4.99. The van der Waals surface area contributed by atoms with Crippen molar-refractivity contribution in [2.45, 2.75) is 6.42 Å². The van der Waals surface area contributed by atoms with E-state index in [4.69, 9.17) is 23.2 Å². The maximum absolute atomic E-state index is 12.5. The molecule has 0 aromatic heterocycles. The number of carbonyl (C=O) groups excluding carboxylic acids is 1. The number of fused-ring (bicyclic) bond motifs is 1. The van der Waals surface area contributed by atoms with Gasteiger partial charge in [0.05, 0.1) is 21.4 Å². The monoisotopic (exact) mass is 320 g/mol. The predicted molar refractivity (Wildman–Crippen MR) is 87.9 cm³/mol. The lowest BCUT2D eigenvalue weighted by Gasteiger charge is -2.25. The van der Waals surface area contributed by atoms with Crippen LogP contribution in [-0.2, 0) is 4.79 Å². The van der Waals surface area contributed by atoms with Crippen LogP contribution in [0.1, 0.15) is 6.42 Å². The van der Waals surface area contributed by atoms with E-state index >= 15 is 0 Å². The van der Waals surface area contributed by atoms with Crippen LogP contribution in [-0.4, -0.2) is 19.5 Å². The largest absolute Gasteiger partial charge is 0.372 e. The molecule has 0 spiro atoms. The van der Waals surface area contributed by atoms with E-state index in [1.54, 1.807) is 11.0 Å². The molecule has 3 nitrogen and oxygen atoms in total. The molecular formula is C16H14Cl2N2O. The molecule has 2 aromatic rings. The molecule has 3 rings (SSSR count). The summed E-state index contributed by atoms with van der Waals surface area (Å²) in [6, 6.07) is 13.1. The maximum atomic E-state index is 12.5. The summed E-state index contributed by atoms with van der Waals surface area (Å²) >= 11 is 12.3. The van der Waals surface area contributed by atoms with E-state index in [-0.39, 0.29) is 5.91 Å². The number of halogens is 2. The molecule has 0 saturated heterocycles. The van der Waals surface area contributed by atoms with Crippen molar-refractivity contribution >= 4 is 46.2 Å². The lowest BCUT2D eigenvalue weighted by atomic mass is 10.2. The molecule has 108 valence electrons. The summed E-state index contributed by atoms with van der Waals surface area (Å²) in [5.41, 5.74) is 2.50. The maximum Gasteiger partial charge on any atom is 0.233 e. The lowest BCUT2D eigenvalue weighted by molar-refractivity contribution is -0.117. The molecule has 0 saturated carbocycles. The van der Waals surface area contributed by atoms with Gasteiger partial charge in [-0.3, -0.25) is 9.69 Å². The minimum absolute atomic E-state index is 0.0465. The Morgan fingerprint density at radius 3 is 2.29 bits per heavy atom. The SMILES string of the molecule is CN1CCC(=O)N(c2ccccc2)c2cc(Cl)c(Cl)cc21. The van der Waals surface area contributed by atoms with Gasteiger partial charge in [0.25, 0.3) is 0 Å². The van der Waals surface area contributed by atoms with Crippen molar-refractivity contribution in [3.05, 3.63) is 52.5 Å². The summed E-state index contributed by atoms with van der Waals surface area (Å²) in [7, 11) is 1.95. The first kappa shape index (κ1) is 14.2. The highest BCUT2D eigenvalue weighted by Crippen LogP contribution is 2.41. The smallest absolute Gasteiger partial charge is 0.233 e. The van der Waals surface area contributed by atoms with Gasteiger partial charge in [-0.05, 0) is 24.3 Å². The van der Waals surface area contributed by atoms with Crippen LogP contribution in [0.5, 0.6) is 0 Å². The fourth-order valence-corrected chi connectivity index (χ4v) is 2.82. The van der Waals surface area contributed by atoms with Crippen LogP contribution in [0.15, 0.2) is 42.5 Å². The van der Waals surface area contributed by atoms with Gasteiger partial charge in [0, 0.05) is 25.7 Å². The summed E-state index contributed by atoms with van der Waals surface area (Å²) in [5.74, 6) is 0.0465. The van der Waals surface area contributed by atoms with Crippen molar-refractivity contribution in [3.8, 4) is 0 Å². The molecule has 1 aliphatic heterocycles. The zero-order valence-corrected chi connectivity index (χ0v) is 13.0. The third kappa shape index (κ3) is 2.59. The number of anilines is 3. The zero-order chi connectivity index (χ0) is 15.0. The van der Waals surface area contributed by atoms with Crippen molar-refractivity contribution in [2.75, 3.05) is 23.4 Å². The number of hydrogen-bond acceptors (Lipinski definition) is 2. The molecule has 1 amide bonds. The summed E-state index contributed by atoms with van der Waals surface area (Å²) in [4.78, 5) is 16.3. The quantitative estimate of drug-likeness (QED) is 0.772. The average molecular weight is 321 g/mol. The molecule has 2 aromatic carbocycles. The minimum Gasteiger partial charge on any atom is -0.372 e. The molecule has 0 atom stereocenters. The molecule has 0 radical (unpaired) electrons. The van der Waals surface area contributed by atoms with Crippen LogP contribution >= 0.6 is 23.2 Å². The van der Waals surface area contributed by atoms with E-state index in [1.807, 2.05) is 48.3 Å². The predicted octanol–water partition coefficient (Wildman–Crippen LogP) is 4.50. The van der Waals surface area contributed by atoms with Gasteiger partial charge in [-0.2, -0.15) is 0 Å². The number of carbonyl (C=O) groups is 1. The third-order valence-corrected chi connectivity index (χ3v) is 4.32. The second kappa shape index (κ2) is 5.58. The Kier molecular flexibility index (Phi) is 3.79. The Hall–Kier alpha value is -1.71. The van der Waals surface area contributed by atoms with Crippen molar-refractivity contribution in [1.29, 1.82) is 0 Å². The van der Waals surface area contributed by atoms with Crippen LogP contribution in [0.3, 0.4) is 0 Å². The average Bonchev–Trinajstić information content (AvgIpc) is 2.59. The van der Waals surface area contributed by atoms with E-state index in [0.717, 1.165) is 17.1 Å². The van der Waals surface area contributed by atoms with E-state index < -0.39 is 0 Å². The summed E-state index contributed by atoms with van der Waals surface area (Å²) in [6.45, 7) is 0.646. The summed E-state index contributed by atoms with van der Waals surface area (Å²) in [5, 5.41) is 0.934. The van der Waals surface area contributed by atoms with Crippen molar-refractivity contribution in [3.63, 3.8) is 0 Å². The first-order valence-electron chi connectivity index (χ1n) is 6.66. The number of nitrogens with zero attached hydrogens (tertiary/aromatic N) is 2. The van der Waals surface area contributed by atoms with E-state index in [0.29, 0.717) is 23.0 Å². The number of hydrogen-bond donors (Lipinski definition) is 0. The standard InChI is InChI=1S/C16H14Cl2N2O/c1-19-8-7-16(21)20(11-5-3-2-4-6-11)15-10-13(18)12(17)9-14(15)19/h2-6,9-10H,7-8H2,1H3. The van der Waals surface area contributed by atoms with Crippen LogP contribution in [0.2, 0.25) is 10.0 Å². The van der Waals surface area contributed by atoms with Crippen LogP contribution in [0.25, 0.3) is 0 Å². The van der Waals surface area contributed by atoms with Gasteiger partial charge < -0.3 is 4.90 Å². The zero-order valence-electron chi connectivity index (χ0n) is 11.5. The number of para-hydroxylation sites is 1. The van der Waals surface area contributed by atoms with Gasteiger partial charge in [0.15, 0.2) is 0 Å². The molecule has 0 fully saturated rings. The van der Waals surface area contributed by atoms with Crippen LogP contribution in [0.4, 0.5) is 17.1 Å². The third-order valence-electron chi connectivity index (χ3n) is 3.59. The van der Waals surface area contributed by atoms with Gasteiger partial charge in [0.2, 0.25) is 5.91 Å². The highest BCUT2D eigenvalue weighted by Gasteiger charge is 2.27. The van der Waals surface area contributed by atoms with Gasteiger partial charge >= 0.3 is 0 Å². The number of benzene rings is 2. The van der Waals surface area contributed by atoms with Gasteiger partial charge in [-0.1, -0.05) is 41.4 Å². The Morgan fingerprint density at radius 1 is 1.00 bits per heavy atom. The van der Waals surface area contributed by atoms with Crippen molar-refractivity contribution in [2.24, 2.45) is 0 Å². The van der Waals surface area contributed by atoms with Crippen LogP contribution in [0, 0.1) is 0 Å². The molecule has 0 N–H and O–H groups in total. The van der Waals surface area contributed by atoms with Crippen LogP contribution < -0.4 is 9.80 Å². The second-order valence-corrected chi connectivity index (χ2v) is 5.81. The Morgan fingerprint density at radius 2 is 1.62 bits per heavy atom. The fourth-order valence-electron chi connectivity index (χ4n) is 2.50. The highest BCUT2D eigenvalue weighted by molar-refractivity contribution is 6.42. The van der Waals surface area contributed by atoms with E-state index in [9.17, 15) is 4.79 Å². The topological polar surface area (TPSA) is 23.6 Å². The summed E-state index contributed by atoms with van der Waals surface area (Å²) < 4.78 is 0. The van der Waals surface area contributed by atoms with E-state index in [1.165, 1.54) is 0 Å². The molecule has 21 heavy (non-hydrogen) atoms. The molecule has 0 unspecified atom stereocenters. The molecule has 0 aliphatic carbocycles. The Bertz CT molecular complexity index is 688. The molecule has 0 bridgehead atoms. The Labute approximate surface area is 133 Å². The molecule has 1 aliphatic rings. The van der Waals surface area contributed by atoms with Gasteiger partial charge in [0.1, 0.15) is 0 Å². The van der Waals surface area contributed by atoms with Gasteiger partial charge in [-0.15, -0.1) is 0 Å². The first-order valence-corrected chi connectivity index (χ1v) is 7.41. The lowest BCUT2D eigenvalue weighted by Crippen LogP contribution is -2.25. The number of amides is 1. The molecule has 1 heterocycles. The highest BCUT2D eigenvalue weighted by atomic mass is 35.5. The van der Waals surface area contributed by atoms with E-state index in [2.05, 4.69) is 0 Å². The van der Waals surface area contributed by atoms with Crippen molar-refractivity contribution in [1.82, 2.24) is 0 Å². The fraction of sp³-hybridized carbons (Fsp3) is 0.188. The minimum atomic E-state index is 0.0465. The van der Waals surface area contributed by atoms with Gasteiger partial charge in [-0.25, -0.2) is 0 Å². The Balaban J connectivity index is 2.22. The number of rotatable bonds is 1. The first-order chi connectivity index (χ1) is 10.1.